The van der Waals surface area contributed by atoms with Crippen LogP contribution in [-0.2, 0) is 6.42 Å². The fourth-order valence-corrected chi connectivity index (χ4v) is 1.88. The maximum Gasteiger partial charge on any atom is 0.138 e. The summed E-state index contributed by atoms with van der Waals surface area (Å²) < 4.78 is 1.78. The van der Waals surface area contributed by atoms with E-state index in [1.807, 2.05) is 0 Å². The van der Waals surface area contributed by atoms with E-state index in [1.165, 1.54) is 11.1 Å². The zero-order valence-corrected chi connectivity index (χ0v) is 10.3. The number of nitrogens with zero attached hydrogens (tertiary/aromatic N) is 3. The molecule has 0 amide bonds. The van der Waals surface area contributed by atoms with Gasteiger partial charge in [-0.2, -0.15) is 5.10 Å². The third-order valence-corrected chi connectivity index (χ3v) is 2.95. The van der Waals surface area contributed by atoms with Crippen LogP contribution in [0.2, 0.25) is 0 Å². The van der Waals surface area contributed by atoms with Crippen LogP contribution in [0.15, 0.2) is 30.9 Å². The summed E-state index contributed by atoms with van der Waals surface area (Å²) in [5.74, 6) is 0. The maximum absolute atomic E-state index is 5.96. The van der Waals surface area contributed by atoms with E-state index in [2.05, 4.69) is 42.1 Å². The van der Waals surface area contributed by atoms with Crippen molar-refractivity contribution in [3.63, 3.8) is 0 Å². The van der Waals surface area contributed by atoms with Crippen LogP contribution in [-0.4, -0.2) is 20.8 Å². The van der Waals surface area contributed by atoms with Gasteiger partial charge in [0.15, 0.2) is 0 Å². The van der Waals surface area contributed by atoms with Crippen molar-refractivity contribution < 1.29 is 0 Å². The van der Waals surface area contributed by atoms with Gasteiger partial charge < -0.3 is 5.73 Å². The van der Waals surface area contributed by atoms with E-state index < -0.39 is 0 Å². The van der Waals surface area contributed by atoms with Crippen LogP contribution in [0, 0.1) is 6.92 Å². The largest absolute Gasteiger partial charge is 0.327 e. The minimum Gasteiger partial charge on any atom is -0.327 e. The van der Waals surface area contributed by atoms with Crippen LogP contribution < -0.4 is 5.73 Å². The normalized spacial score (nSPS) is 12.6. The second-order valence-electron chi connectivity index (χ2n) is 4.33. The molecule has 0 aliphatic heterocycles. The minimum atomic E-state index is 0.242. The number of benzene rings is 1. The lowest BCUT2D eigenvalue weighted by Crippen LogP contribution is -2.21. The van der Waals surface area contributed by atoms with E-state index >= 15 is 0 Å². The first-order valence-electron chi connectivity index (χ1n) is 5.90. The molecule has 0 bridgehead atoms. The van der Waals surface area contributed by atoms with Crippen molar-refractivity contribution in [2.75, 3.05) is 0 Å². The van der Waals surface area contributed by atoms with Gasteiger partial charge in [0.25, 0.3) is 0 Å². The Bertz CT molecular complexity index is 476. The van der Waals surface area contributed by atoms with E-state index in [-0.39, 0.29) is 6.04 Å². The molecule has 1 unspecified atom stereocenters. The van der Waals surface area contributed by atoms with Crippen molar-refractivity contribution in [1.82, 2.24) is 14.8 Å². The van der Waals surface area contributed by atoms with E-state index in [9.17, 15) is 0 Å². The first-order chi connectivity index (χ1) is 8.20. The van der Waals surface area contributed by atoms with E-state index in [4.69, 9.17) is 5.73 Å². The molecular formula is C13H18N4. The first kappa shape index (κ1) is 11.8. The zero-order chi connectivity index (χ0) is 12.3. The molecule has 2 N–H and O–H groups in total. The third kappa shape index (κ3) is 2.71. The lowest BCUT2D eigenvalue weighted by Gasteiger charge is -2.11. The highest BCUT2D eigenvalue weighted by Gasteiger charge is 2.05. The molecule has 0 fully saturated rings. The van der Waals surface area contributed by atoms with Gasteiger partial charge in [0.2, 0.25) is 0 Å². The molecule has 0 radical (unpaired) electrons. The molecule has 1 aromatic heterocycles. The topological polar surface area (TPSA) is 56.7 Å². The molecule has 4 heteroatoms. The molecule has 2 rings (SSSR count). The van der Waals surface area contributed by atoms with Gasteiger partial charge in [-0.25, -0.2) is 9.67 Å². The monoisotopic (exact) mass is 230 g/mol. The quantitative estimate of drug-likeness (QED) is 0.872. The molecular weight excluding hydrogens is 212 g/mol. The second-order valence-corrected chi connectivity index (χ2v) is 4.33. The lowest BCUT2D eigenvalue weighted by atomic mass is 10.0. The van der Waals surface area contributed by atoms with Gasteiger partial charge >= 0.3 is 0 Å². The predicted octanol–water partition coefficient (Wildman–Crippen LogP) is 1.86. The van der Waals surface area contributed by atoms with Crippen molar-refractivity contribution in [3.05, 3.63) is 42.0 Å². The Morgan fingerprint density at radius 2 is 2.24 bits per heavy atom. The van der Waals surface area contributed by atoms with Crippen LogP contribution >= 0.6 is 0 Å². The molecule has 1 aromatic carbocycles. The molecule has 1 heterocycles. The number of hydrogen-bond acceptors (Lipinski definition) is 3. The Kier molecular flexibility index (Phi) is 3.54. The van der Waals surface area contributed by atoms with Gasteiger partial charge in [-0.3, -0.25) is 0 Å². The molecule has 2 aromatic rings. The van der Waals surface area contributed by atoms with Gasteiger partial charge in [-0.1, -0.05) is 19.1 Å². The van der Waals surface area contributed by atoms with E-state index in [1.54, 1.807) is 17.3 Å². The summed E-state index contributed by atoms with van der Waals surface area (Å²) in [6.45, 7) is 4.19. The fourth-order valence-electron chi connectivity index (χ4n) is 1.88. The standard InChI is InChI=1S/C13H18N4/c1-3-12(14)7-11-4-5-13(10(2)6-11)17-9-15-8-16-17/h4-6,8-9,12H,3,7,14H2,1-2H3. The lowest BCUT2D eigenvalue weighted by molar-refractivity contribution is 0.646. The number of hydrogen-bond donors (Lipinski definition) is 1. The van der Waals surface area contributed by atoms with Crippen LogP contribution in [0.3, 0.4) is 0 Å². The summed E-state index contributed by atoms with van der Waals surface area (Å²) in [5, 5.41) is 4.13. The molecule has 0 saturated carbocycles. The highest BCUT2D eigenvalue weighted by Crippen LogP contribution is 2.15. The second kappa shape index (κ2) is 5.10. The van der Waals surface area contributed by atoms with Crippen molar-refractivity contribution in [1.29, 1.82) is 0 Å². The first-order valence-corrected chi connectivity index (χ1v) is 5.90. The molecule has 4 nitrogen and oxygen atoms in total. The van der Waals surface area contributed by atoms with Gasteiger partial charge in [0, 0.05) is 6.04 Å². The SMILES string of the molecule is CCC(N)Cc1ccc(-n2cncn2)c(C)c1. The summed E-state index contributed by atoms with van der Waals surface area (Å²) in [7, 11) is 0. The molecule has 0 spiro atoms. The Morgan fingerprint density at radius 3 is 2.82 bits per heavy atom. The average Bonchev–Trinajstić information content (AvgIpc) is 2.82. The highest BCUT2D eigenvalue weighted by molar-refractivity contribution is 5.41. The van der Waals surface area contributed by atoms with Crippen LogP contribution in [0.5, 0.6) is 0 Å². The Balaban J connectivity index is 2.23. The van der Waals surface area contributed by atoms with Gasteiger partial charge in [-0.15, -0.1) is 0 Å². The zero-order valence-electron chi connectivity index (χ0n) is 10.3. The van der Waals surface area contributed by atoms with Gasteiger partial charge in [0.1, 0.15) is 12.7 Å². The molecule has 1 atom stereocenters. The number of aryl methyl sites for hydroxylation is 1. The summed E-state index contributed by atoms with van der Waals surface area (Å²) in [6, 6.07) is 6.60. The summed E-state index contributed by atoms with van der Waals surface area (Å²) in [4.78, 5) is 3.96. The average molecular weight is 230 g/mol. The van der Waals surface area contributed by atoms with Crippen molar-refractivity contribution in [3.8, 4) is 5.69 Å². The van der Waals surface area contributed by atoms with Gasteiger partial charge in [-0.05, 0) is 37.0 Å². The predicted molar refractivity (Wildman–Crippen MR) is 68.1 cm³/mol. The molecule has 90 valence electrons. The van der Waals surface area contributed by atoms with Crippen LogP contribution in [0.25, 0.3) is 5.69 Å². The van der Waals surface area contributed by atoms with Crippen LogP contribution in [0.4, 0.5) is 0 Å². The third-order valence-electron chi connectivity index (χ3n) is 2.95. The minimum absolute atomic E-state index is 0.242. The van der Waals surface area contributed by atoms with Crippen LogP contribution in [0.1, 0.15) is 24.5 Å². The number of nitrogens with two attached hydrogens (primary N) is 1. The van der Waals surface area contributed by atoms with E-state index in [0.717, 1.165) is 18.5 Å². The summed E-state index contributed by atoms with van der Waals surface area (Å²) >= 11 is 0. The smallest absolute Gasteiger partial charge is 0.138 e. The highest BCUT2D eigenvalue weighted by atomic mass is 15.3. The Hall–Kier alpha value is -1.68. The number of aromatic nitrogens is 3. The fraction of sp³-hybridized carbons (Fsp3) is 0.385. The maximum atomic E-state index is 5.96. The Labute approximate surface area is 101 Å². The van der Waals surface area contributed by atoms with Crippen molar-refractivity contribution in [2.24, 2.45) is 5.73 Å². The summed E-state index contributed by atoms with van der Waals surface area (Å²) in [6.07, 6.45) is 5.18. The molecule has 17 heavy (non-hydrogen) atoms. The summed E-state index contributed by atoms with van der Waals surface area (Å²) in [5.41, 5.74) is 9.50. The molecule has 0 aliphatic carbocycles. The number of rotatable bonds is 4. The van der Waals surface area contributed by atoms with Crippen molar-refractivity contribution >= 4 is 0 Å². The molecule has 0 saturated heterocycles. The van der Waals surface area contributed by atoms with Gasteiger partial charge in [0.05, 0.1) is 5.69 Å². The molecule has 0 aliphatic rings. The van der Waals surface area contributed by atoms with Crippen molar-refractivity contribution in [2.45, 2.75) is 32.7 Å². The van der Waals surface area contributed by atoms with E-state index in [0.29, 0.717) is 0 Å². The Morgan fingerprint density at radius 1 is 1.41 bits per heavy atom.